The minimum absolute atomic E-state index is 0.477. The molecule has 4 nitrogen and oxygen atoms in total. The Morgan fingerprint density at radius 1 is 1.39 bits per heavy atom. The Morgan fingerprint density at radius 2 is 2.00 bits per heavy atom. The quantitative estimate of drug-likeness (QED) is 0.733. The fraction of sp³-hybridized carbons (Fsp3) is 0.462. The molecule has 0 radical (unpaired) electrons. The van der Waals surface area contributed by atoms with E-state index in [2.05, 4.69) is 5.32 Å². The molecule has 0 heterocycles. The Balaban J connectivity index is 2.45. The molecule has 0 saturated heterocycles. The number of benzene rings is 1. The molecule has 2 atom stereocenters. The van der Waals surface area contributed by atoms with Crippen LogP contribution in [0.5, 0.6) is 0 Å². The third-order valence-corrected chi connectivity index (χ3v) is 3.52. The standard InChI is InChI=1S/C13H19NO3S/c1-10(13(15)16)12-5-3-11(4-6-12)9-14-7-8-18(2)17/h3-6,10,14H,7-9H2,1-2H3,(H,15,16). The van der Waals surface area contributed by atoms with Gasteiger partial charge in [-0.05, 0) is 18.1 Å². The van der Waals surface area contributed by atoms with E-state index in [1.54, 1.807) is 13.2 Å². The zero-order chi connectivity index (χ0) is 13.5. The lowest BCUT2D eigenvalue weighted by Crippen LogP contribution is -2.19. The van der Waals surface area contributed by atoms with Gasteiger partial charge in [-0.25, -0.2) is 0 Å². The van der Waals surface area contributed by atoms with Gasteiger partial charge in [-0.2, -0.15) is 0 Å². The van der Waals surface area contributed by atoms with E-state index < -0.39 is 22.7 Å². The number of nitrogens with one attached hydrogen (secondary N) is 1. The maximum absolute atomic E-state index is 10.9. The average molecular weight is 269 g/mol. The van der Waals surface area contributed by atoms with Crippen LogP contribution in [0.4, 0.5) is 0 Å². The molecule has 0 aliphatic heterocycles. The first-order chi connectivity index (χ1) is 8.50. The zero-order valence-corrected chi connectivity index (χ0v) is 11.5. The summed E-state index contributed by atoms with van der Waals surface area (Å²) in [5.74, 6) is -0.644. The van der Waals surface area contributed by atoms with Crippen LogP contribution in [0.25, 0.3) is 0 Å². The summed E-state index contributed by atoms with van der Waals surface area (Å²) >= 11 is 0. The highest BCUT2D eigenvalue weighted by Crippen LogP contribution is 2.15. The van der Waals surface area contributed by atoms with Crippen molar-refractivity contribution in [1.29, 1.82) is 0 Å². The maximum Gasteiger partial charge on any atom is 0.310 e. The van der Waals surface area contributed by atoms with Crippen LogP contribution in [0.3, 0.4) is 0 Å². The third-order valence-electron chi connectivity index (χ3n) is 2.75. The summed E-state index contributed by atoms with van der Waals surface area (Å²) < 4.78 is 10.9. The first kappa shape index (κ1) is 14.9. The lowest BCUT2D eigenvalue weighted by Gasteiger charge is -2.08. The number of rotatable bonds is 7. The van der Waals surface area contributed by atoms with Crippen LogP contribution in [-0.4, -0.2) is 33.8 Å². The van der Waals surface area contributed by atoms with Gasteiger partial charge in [-0.15, -0.1) is 0 Å². The summed E-state index contributed by atoms with van der Waals surface area (Å²) in [6, 6.07) is 7.52. The highest BCUT2D eigenvalue weighted by Gasteiger charge is 2.12. The molecule has 0 saturated carbocycles. The second-order valence-electron chi connectivity index (χ2n) is 4.26. The smallest absolute Gasteiger partial charge is 0.310 e. The number of carbonyl (C=O) groups is 1. The van der Waals surface area contributed by atoms with Gasteiger partial charge in [0.25, 0.3) is 0 Å². The van der Waals surface area contributed by atoms with Crippen molar-refractivity contribution in [3.05, 3.63) is 35.4 Å². The van der Waals surface area contributed by atoms with Gasteiger partial charge in [0, 0.05) is 35.9 Å². The first-order valence-electron chi connectivity index (χ1n) is 5.83. The minimum atomic E-state index is -0.814. The largest absolute Gasteiger partial charge is 0.481 e. The van der Waals surface area contributed by atoms with Gasteiger partial charge in [0.2, 0.25) is 0 Å². The highest BCUT2D eigenvalue weighted by atomic mass is 32.2. The zero-order valence-electron chi connectivity index (χ0n) is 10.7. The molecule has 0 aliphatic carbocycles. The predicted octanol–water partition coefficient (Wildman–Crippen LogP) is 1.34. The van der Waals surface area contributed by atoms with Crippen molar-refractivity contribution in [3.63, 3.8) is 0 Å². The maximum atomic E-state index is 10.9. The molecular weight excluding hydrogens is 250 g/mol. The van der Waals surface area contributed by atoms with Crippen molar-refractivity contribution >= 4 is 16.8 Å². The molecule has 0 fully saturated rings. The van der Waals surface area contributed by atoms with Gasteiger partial charge in [0.1, 0.15) is 0 Å². The number of hydrogen-bond donors (Lipinski definition) is 2. The van der Waals surface area contributed by atoms with Crippen LogP contribution in [0, 0.1) is 0 Å². The first-order valence-corrected chi connectivity index (χ1v) is 7.56. The predicted molar refractivity (Wildman–Crippen MR) is 73.1 cm³/mol. The van der Waals surface area contributed by atoms with Crippen LogP contribution < -0.4 is 5.32 Å². The summed E-state index contributed by atoms with van der Waals surface area (Å²) in [6.07, 6.45) is 1.68. The molecule has 2 N–H and O–H groups in total. The Bertz CT molecular complexity index is 417. The van der Waals surface area contributed by atoms with E-state index in [1.807, 2.05) is 24.3 Å². The normalized spacial score (nSPS) is 14.1. The van der Waals surface area contributed by atoms with Crippen LogP contribution in [-0.2, 0) is 22.1 Å². The Kier molecular flexibility index (Phi) is 6.01. The fourth-order valence-corrected chi connectivity index (χ4v) is 1.95. The van der Waals surface area contributed by atoms with Crippen LogP contribution in [0.15, 0.2) is 24.3 Å². The number of carboxylic acid groups (broad SMARTS) is 1. The van der Waals surface area contributed by atoms with E-state index in [0.29, 0.717) is 12.3 Å². The number of aliphatic carboxylic acids is 1. The van der Waals surface area contributed by atoms with Gasteiger partial charge in [-0.3, -0.25) is 9.00 Å². The van der Waals surface area contributed by atoms with Gasteiger partial charge >= 0.3 is 5.97 Å². The molecule has 2 unspecified atom stereocenters. The fourth-order valence-electron chi connectivity index (χ4n) is 1.52. The van der Waals surface area contributed by atoms with Crippen molar-refractivity contribution in [2.24, 2.45) is 0 Å². The molecule has 0 amide bonds. The molecule has 1 aromatic carbocycles. The second kappa shape index (κ2) is 7.28. The van der Waals surface area contributed by atoms with Crippen molar-refractivity contribution in [2.75, 3.05) is 18.6 Å². The third kappa shape index (κ3) is 4.98. The summed E-state index contributed by atoms with van der Waals surface area (Å²) in [5, 5.41) is 12.1. The minimum Gasteiger partial charge on any atom is -0.481 e. The van der Waals surface area contributed by atoms with Gasteiger partial charge < -0.3 is 10.4 Å². The molecule has 0 aliphatic rings. The Hall–Kier alpha value is -1.20. The van der Waals surface area contributed by atoms with Gasteiger partial charge in [-0.1, -0.05) is 24.3 Å². The van der Waals surface area contributed by atoms with E-state index in [0.717, 1.165) is 17.7 Å². The van der Waals surface area contributed by atoms with E-state index in [1.165, 1.54) is 0 Å². The summed E-state index contributed by atoms with van der Waals surface area (Å²) in [5.41, 5.74) is 1.90. The summed E-state index contributed by atoms with van der Waals surface area (Å²) in [6.45, 7) is 3.10. The molecule has 18 heavy (non-hydrogen) atoms. The van der Waals surface area contributed by atoms with Crippen LogP contribution >= 0.6 is 0 Å². The van der Waals surface area contributed by atoms with E-state index in [9.17, 15) is 9.00 Å². The number of carboxylic acids is 1. The molecule has 1 aromatic rings. The average Bonchev–Trinajstić information content (AvgIpc) is 2.34. The molecule has 0 spiro atoms. The Labute approximate surface area is 110 Å². The van der Waals surface area contributed by atoms with Crippen LogP contribution in [0.1, 0.15) is 24.0 Å². The van der Waals surface area contributed by atoms with Crippen molar-refractivity contribution in [1.82, 2.24) is 5.32 Å². The molecule has 1 rings (SSSR count). The van der Waals surface area contributed by atoms with Gasteiger partial charge in [0.05, 0.1) is 5.92 Å². The second-order valence-corrected chi connectivity index (χ2v) is 5.81. The van der Waals surface area contributed by atoms with Crippen molar-refractivity contribution < 1.29 is 14.1 Å². The SMILES string of the molecule is CC(C(=O)O)c1ccc(CNCCS(C)=O)cc1. The van der Waals surface area contributed by atoms with E-state index >= 15 is 0 Å². The van der Waals surface area contributed by atoms with E-state index in [-0.39, 0.29) is 0 Å². The summed E-state index contributed by atoms with van der Waals surface area (Å²) in [4.78, 5) is 10.8. The monoisotopic (exact) mass is 269 g/mol. The van der Waals surface area contributed by atoms with Crippen LogP contribution in [0.2, 0.25) is 0 Å². The molecule has 0 bridgehead atoms. The van der Waals surface area contributed by atoms with E-state index in [4.69, 9.17) is 5.11 Å². The lowest BCUT2D eigenvalue weighted by molar-refractivity contribution is -0.138. The highest BCUT2D eigenvalue weighted by molar-refractivity contribution is 7.84. The lowest BCUT2D eigenvalue weighted by atomic mass is 10.0. The number of hydrogen-bond acceptors (Lipinski definition) is 3. The van der Waals surface area contributed by atoms with Gasteiger partial charge in [0.15, 0.2) is 0 Å². The molecule has 5 heteroatoms. The Morgan fingerprint density at radius 3 is 2.50 bits per heavy atom. The van der Waals surface area contributed by atoms with Crippen molar-refractivity contribution in [2.45, 2.75) is 19.4 Å². The summed E-state index contributed by atoms with van der Waals surface area (Å²) in [7, 11) is -0.766. The van der Waals surface area contributed by atoms with Crippen molar-refractivity contribution in [3.8, 4) is 0 Å². The molecule has 0 aromatic heterocycles. The topological polar surface area (TPSA) is 66.4 Å². The molecule has 100 valence electrons. The molecular formula is C13H19NO3S.